The molecule has 1 amide bonds. The average molecular weight is 400 g/mol. The molecule has 0 unspecified atom stereocenters. The first kappa shape index (κ1) is 20.1. The summed E-state index contributed by atoms with van der Waals surface area (Å²) >= 11 is 0. The number of nitrogens with zero attached hydrogens (tertiary/aromatic N) is 1. The van der Waals surface area contributed by atoms with E-state index < -0.39 is 46.5 Å². The van der Waals surface area contributed by atoms with Crippen LogP contribution in [0.3, 0.4) is 0 Å². The number of anilines is 1. The molecule has 2 fully saturated rings. The first-order chi connectivity index (χ1) is 13.1. The summed E-state index contributed by atoms with van der Waals surface area (Å²) in [6.45, 7) is -0.714. The average Bonchev–Trinajstić information content (AvgIpc) is 3.22. The number of benzene rings is 1. The first-order valence-corrected chi connectivity index (χ1v) is 8.94. The standard InChI is InChI=1S/C18H19F3N2O5/c19-18(20,21)14-8-13(23(26)27)3-4-15(14)22-16(24)9-28-17(25)7-12-6-10-1-2-11(12)5-10/h3-4,8,10-12H,1-2,5-7,9H2,(H,22,24)/t10-,11+,12-/m0/s1. The first-order valence-electron chi connectivity index (χ1n) is 8.94. The summed E-state index contributed by atoms with van der Waals surface area (Å²) in [6.07, 6.45) is -0.297. The lowest BCUT2D eigenvalue weighted by molar-refractivity contribution is -0.385. The number of nitro benzene ring substituents is 1. The predicted molar refractivity (Wildman–Crippen MR) is 91.2 cm³/mol. The van der Waals surface area contributed by atoms with E-state index in [1.165, 1.54) is 6.42 Å². The fraction of sp³-hybridized carbons (Fsp3) is 0.556. The van der Waals surface area contributed by atoms with Crippen LogP contribution in [0.2, 0.25) is 0 Å². The molecule has 3 atom stereocenters. The third-order valence-electron chi connectivity index (χ3n) is 5.47. The number of fused-ring (bicyclic) bond motifs is 2. The molecule has 1 aromatic rings. The van der Waals surface area contributed by atoms with E-state index in [0.29, 0.717) is 17.9 Å². The van der Waals surface area contributed by atoms with Gasteiger partial charge in [-0.15, -0.1) is 0 Å². The normalized spacial score (nSPS) is 23.5. The predicted octanol–water partition coefficient (Wildman–Crippen LogP) is 3.92. The van der Waals surface area contributed by atoms with Crippen LogP contribution in [-0.4, -0.2) is 23.4 Å². The molecule has 10 heteroatoms. The summed E-state index contributed by atoms with van der Waals surface area (Å²) in [6, 6.07) is 2.00. The van der Waals surface area contributed by atoms with Gasteiger partial charge in [-0.05, 0) is 43.1 Å². The molecule has 0 aliphatic heterocycles. The summed E-state index contributed by atoms with van der Waals surface area (Å²) < 4.78 is 44.2. The summed E-state index contributed by atoms with van der Waals surface area (Å²) in [4.78, 5) is 33.5. The maximum atomic E-state index is 13.1. The molecule has 7 nitrogen and oxygen atoms in total. The van der Waals surface area contributed by atoms with Crippen molar-refractivity contribution < 1.29 is 32.4 Å². The van der Waals surface area contributed by atoms with Crippen LogP contribution >= 0.6 is 0 Å². The smallest absolute Gasteiger partial charge is 0.418 e. The number of carbonyl (C=O) groups excluding carboxylic acids is 2. The summed E-state index contributed by atoms with van der Waals surface area (Å²) in [5, 5.41) is 12.7. The van der Waals surface area contributed by atoms with Gasteiger partial charge in [0, 0.05) is 18.6 Å². The van der Waals surface area contributed by atoms with Crippen LogP contribution in [0.15, 0.2) is 18.2 Å². The quantitative estimate of drug-likeness (QED) is 0.443. The number of hydrogen-bond donors (Lipinski definition) is 1. The van der Waals surface area contributed by atoms with Gasteiger partial charge in [0.05, 0.1) is 16.2 Å². The van der Waals surface area contributed by atoms with Crippen LogP contribution in [-0.2, 0) is 20.5 Å². The van der Waals surface area contributed by atoms with Crippen LogP contribution in [0.5, 0.6) is 0 Å². The van der Waals surface area contributed by atoms with Gasteiger partial charge >= 0.3 is 12.1 Å². The topological polar surface area (TPSA) is 98.5 Å². The molecule has 2 bridgehead atoms. The Hall–Kier alpha value is -2.65. The van der Waals surface area contributed by atoms with E-state index in [1.807, 2.05) is 5.32 Å². The van der Waals surface area contributed by atoms with Gasteiger partial charge in [0.2, 0.25) is 0 Å². The number of hydrogen-bond acceptors (Lipinski definition) is 5. The number of rotatable bonds is 6. The fourth-order valence-corrected chi connectivity index (χ4v) is 4.22. The lowest BCUT2D eigenvalue weighted by Crippen LogP contribution is -2.24. The Morgan fingerprint density at radius 2 is 2.00 bits per heavy atom. The largest absolute Gasteiger partial charge is 0.456 e. The molecule has 1 aromatic carbocycles. The fourth-order valence-electron chi connectivity index (χ4n) is 4.22. The third-order valence-corrected chi connectivity index (χ3v) is 5.47. The van der Waals surface area contributed by atoms with Gasteiger partial charge in [0.15, 0.2) is 6.61 Å². The minimum Gasteiger partial charge on any atom is -0.456 e. The number of halogens is 3. The van der Waals surface area contributed by atoms with Crippen molar-refractivity contribution in [2.24, 2.45) is 17.8 Å². The van der Waals surface area contributed by atoms with Crippen molar-refractivity contribution in [3.63, 3.8) is 0 Å². The third kappa shape index (κ3) is 4.60. The molecule has 2 aliphatic rings. The van der Waals surface area contributed by atoms with Crippen molar-refractivity contribution in [3.05, 3.63) is 33.9 Å². The number of alkyl halides is 3. The lowest BCUT2D eigenvalue weighted by atomic mass is 9.86. The van der Waals surface area contributed by atoms with Gasteiger partial charge in [-0.25, -0.2) is 0 Å². The highest BCUT2D eigenvalue weighted by molar-refractivity contribution is 5.93. The Morgan fingerprint density at radius 1 is 1.25 bits per heavy atom. The molecule has 0 heterocycles. The second-order valence-electron chi connectivity index (χ2n) is 7.33. The van der Waals surface area contributed by atoms with Crippen molar-refractivity contribution in [2.45, 2.75) is 38.3 Å². The molecule has 0 saturated heterocycles. The second kappa shape index (κ2) is 7.76. The molecule has 0 spiro atoms. The summed E-state index contributed by atoms with van der Waals surface area (Å²) in [5.41, 5.74) is -2.72. The highest BCUT2D eigenvalue weighted by Crippen LogP contribution is 2.49. The molecular formula is C18H19F3N2O5. The molecule has 2 saturated carbocycles. The van der Waals surface area contributed by atoms with Gasteiger partial charge < -0.3 is 10.1 Å². The zero-order chi connectivity index (χ0) is 20.5. The van der Waals surface area contributed by atoms with Crippen LogP contribution < -0.4 is 5.32 Å². The Kier molecular flexibility index (Phi) is 5.57. The molecule has 28 heavy (non-hydrogen) atoms. The van der Waals surface area contributed by atoms with Crippen molar-refractivity contribution in [1.82, 2.24) is 0 Å². The van der Waals surface area contributed by atoms with Crippen LogP contribution in [0.1, 0.15) is 37.7 Å². The van der Waals surface area contributed by atoms with E-state index in [1.54, 1.807) is 0 Å². The minimum atomic E-state index is -4.90. The van der Waals surface area contributed by atoms with Gasteiger partial charge in [-0.2, -0.15) is 13.2 Å². The van der Waals surface area contributed by atoms with Crippen molar-refractivity contribution in [2.75, 3.05) is 11.9 Å². The Labute approximate surface area is 158 Å². The van der Waals surface area contributed by atoms with E-state index in [9.17, 15) is 32.9 Å². The van der Waals surface area contributed by atoms with Gasteiger partial charge in [-0.1, -0.05) is 6.42 Å². The number of carbonyl (C=O) groups is 2. The van der Waals surface area contributed by atoms with Gasteiger partial charge in [-0.3, -0.25) is 19.7 Å². The van der Waals surface area contributed by atoms with Crippen LogP contribution in [0, 0.1) is 27.9 Å². The Bertz CT molecular complexity index is 796. The Balaban J connectivity index is 1.55. The molecule has 3 rings (SSSR count). The van der Waals surface area contributed by atoms with Crippen LogP contribution in [0.4, 0.5) is 24.5 Å². The maximum absolute atomic E-state index is 13.1. The minimum absolute atomic E-state index is 0.208. The van der Waals surface area contributed by atoms with Crippen molar-refractivity contribution >= 4 is 23.3 Å². The molecule has 0 radical (unpaired) electrons. The number of nitro groups is 1. The molecule has 0 aromatic heterocycles. The number of non-ortho nitro benzene ring substituents is 1. The van der Waals surface area contributed by atoms with E-state index in [4.69, 9.17) is 4.74 Å². The number of nitrogens with one attached hydrogen (secondary N) is 1. The molecular weight excluding hydrogens is 381 g/mol. The highest BCUT2D eigenvalue weighted by Gasteiger charge is 2.40. The Morgan fingerprint density at radius 3 is 2.57 bits per heavy atom. The molecule has 152 valence electrons. The van der Waals surface area contributed by atoms with E-state index in [-0.39, 0.29) is 12.3 Å². The van der Waals surface area contributed by atoms with E-state index in [0.717, 1.165) is 31.4 Å². The zero-order valence-electron chi connectivity index (χ0n) is 14.8. The number of amides is 1. The summed E-state index contributed by atoms with van der Waals surface area (Å²) in [5.74, 6) is -0.0660. The number of ether oxygens (including phenoxy) is 1. The molecule has 2 aliphatic carbocycles. The van der Waals surface area contributed by atoms with Gasteiger partial charge in [0.1, 0.15) is 0 Å². The van der Waals surface area contributed by atoms with Crippen molar-refractivity contribution in [1.29, 1.82) is 0 Å². The zero-order valence-corrected chi connectivity index (χ0v) is 14.8. The van der Waals surface area contributed by atoms with Crippen molar-refractivity contribution in [3.8, 4) is 0 Å². The van der Waals surface area contributed by atoms with Crippen LogP contribution in [0.25, 0.3) is 0 Å². The van der Waals surface area contributed by atoms with E-state index in [2.05, 4.69) is 0 Å². The summed E-state index contributed by atoms with van der Waals surface area (Å²) in [7, 11) is 0. The number of esters is 1. The molecule has 1 N–H and O–H groups in total. The highest BCUT2D eigenvalue weighted by atomic mass is 19.4. The maximum Gasteiger partial charge on any atom is 0.418 e. The van der Waals surface area contributed by atoms with E-state index >= 15 is 0 Å². The SMILES string of the molecule is O=C(COC(=O)C[C@@H]1C[C@H]2CC[C@@H]1C2)Nc1ccc([N+](=O)[O-])cc1C(F)(F)F. The second-order valence-corrected chi connectivity index (χ2v) is 7.33. The van der Waals surface area contributed by atoms with Gasteiger partial charge in [0.25, 0.3) is 11.6 Å². The lowest BCUT2D eigenvalue weighted by Gasteiger charge is -2.20. The monoisotopic (exact) mass is 400 g/mol.